The Morgan fingerprint density at radius 1 is 1.44 bits per heavy atom. The first-order valence-electron chi connectivity index (χ1n) is 6.98. The first-order valence-corrected chi connectivity index (χ1v) is 6.98. The number of rotatable bonds is 4. The second kappa shape index (κ2) is 5.29. The Kier molecular flexibility index (Phi) is 3.52. The molecule has 1 aromatic carbocycles. The molecule has 0 radical (unpaired) electrons. The van der Waals surface area contributed by atoms with Crippen LogP contribution in [0.4, 0.5) is 5.69 Å². The molecule has 1 fully saturated rings. The number of ether oxygens (including phenoxy) is 1. The number of nitrogens with one attached hydrogen (secondary N) is 1. The first-order chi connectivity index (χ1) is 8.83. The zero-order chi connectivity index (χ0) is 12.4. The molecule has 3 rings (SSSR count). The van der Waals surface area contributed by atoms with Gasteiger partial charge in [0.15, 0.2) is 0 Å². The Balaban J connectivity index is 1.63. The standard InChI is InChI=1S/C15H22N2O/c1-17(11-14-6-3-9-18-14)10-13-5-2-4-12-7-8-16-15(12)13/h2,4-5,14,16H,3,6-11H2,1H3/t14-/m0/s1. The van der Waals surface area contributed by atoms with Crippen molar-refractivity contribution in [3.8, 4) is 0 Å². The Morgan fingerprint density at radius 3 is 3.22 bits per heavy atom. The van der Waals surface area contributed by atoms with E-state index in [4.69, 9.17) is 4.74 Å². The number of anilines is 1. The summed E-state index contributed by atoms with van der Waals surface area (Å²) in [5.41, 5.74) is 4.26. The molecule has 2 heterocycles. The predicted octanol–water partition coefficient (Wildman–Crippen LogP) is 2.27. The van der Waals surface area contributed by atoms with Gasteiger partial charge in [-0.3, -0.25) is 4.90 Å². The molecule has 3 heteroatoms. The van der Waals surface area contributed by atoms with Gasteiger partial charge in [0, 0.05) is 31.9 Å². The lowest BCUT2D eigenvalue weighted by atomic mass is 10.1. The van der Waals surface area contributed by atoms with Crippen molar-refractivity contribution in [2.45, 2.75) is 31.9 Å². The molecular formula is C15H22N2O. The van der Waals surface area contributed by atoms with Gasteiger partial charge in [-0.05, 0) is 37.4 Å². The normalized spacial score (nSPS) is 22.2. The molecule has 0 unspecified atom stereocenters. The van der Waals surface area contributed by atoms with Gasteiger partial charge in [-0.1, -0.05) is 18.2 Å². The van der Waals surface area contributed by atoms with Crippen LogP contribution in [0.5, 0.6) is 0 Å². The zero-order valence-electron chi connectivity index (χ0n) is 11.1. The van der Waals surface area contributed by atoms with Crippen molar-refractivity contribution in [3.63, 3.8) is 0 Å². The van der Waals surface area contributed by atoms with Crippen LogP contribution in [-0.4, -0.2) is 37.7 Å². The summed E-state index contributed by atoms with van der Waals surface area (Å²) >= 11 is 0. The number of para-hydroxylation sites is 1. The maximum Gasteiger partial charge on any atom is 0.0702 e. The lowest BCUT2D eigenvalue weighted by Gasteiger charge is -2.21. The van der Waals surface area contributed by atoms with Gasteiger partial charge >= 0.3 is 0 Å². The molecule has 1 aromatic rings. The van der Waals surface area contributed by atoms with Gasteiger partial charge in [-0.15, -0.1) is 0 Å². The summed E-state index contributed by atoms with van der Waals surface area (Å²) < 4.78 is 5.70. The summed E-state index contributed by atoms with van der Waals surface area (Å²) in [6, 6.07) is 6.66. The quantitative estimate of drug-likeness (QED) is 0.882. The summed E-state index contributed by atoms with van der Waals surface area (Å²) in [7, 11) is 2.19. The van der Waals surface area contributed by atoms with E-state index in [9.17, 15) is 0 Å². The zero-order valence-corrected chi connectivity index (χ0v) is 11.1. The smallest absolute Gasteiger partial charge is 0.0702 e. The number of benzene rings is 1. The van der Waals surface area contributed by atoms with Crippen molar-refractivity contribution in [2.75, 3.05) is 32.1 Å². The minimum Gasteiger partial charge on any atom is -0.384 e. The molecule has 1 N–H and O–H groups in total. The minimum atomic E-state index is 0.444. The Labute approximate surface area is 109 Å². The predicted molar refractivity (Wildman–Crippen MR) is 73.9 cm³/mol. The summed E-state index contributed by atoms with van der Waals surface area (Å²) in [4.78, 5) is 2.38. The van der Waals surface area contributed by atoms with Crippen LogP contribution in [-0.2, 0) is 17.7 Å². The SMILES string of the molecule is CN(Cc1cccc2c1NCC2)C[C@@H]1CCCO1. The first kappa shape index (κ1) is 12.0. The molecule has 18 heavy (non-hydrogen) atoms. The van der Waals surface area contributed by atoms with Crippen molar-refractivity contribution >= 4 is 5.69 Å². The van der Waals surface area contributed by atoms with Gasteiger partial charge in [-0.25, -0.2) is 0 Å². The number of hydrogen-bond donors (Lipinski definition) is 1. The van der Waals surface area contributed by atoms with Crippen LogP contribution >= 0.6 is 0 Å². The average molecular weight is 246 g/mol. The maximum absolute atomic E-state index is 5.70. The third-order valence-electron chi connectivity index (χ3n) is 3.91. The highest BCUT2D eigenvalue weighted by molar-refractivity contribution is 5.61. The van der Waals surface area contributed by atoms with Crippen LogP contribution in [0, 0.1) is 0 Å². The lowest BCUT2D eigenvalue weighted by molar-refractivity contribution is 0.0794. The van der Waals surface area contributed by atoms with Crippen LogP contribution in [0.2, 0.25) is 0 Å². The monoisotopic (exact) mass is 246 g/mol. The van der Waals surface area contributed by atoms with Gasteiger partial charge in [-0.2, -0.15) is 0 Å². The fourth-order valence-electron chi connectivity index (χ4n) is 3.03. The van der Waals surface area contributed by atoms with Crippen LogP contribution in [0.3, 0.4) is 0 Å². The molecule has 1 saturated heterocycles. The van der Waals surface area contributed by atoms with Gasteiger partial charge in [0.2, 0.25) is 0 Å². The molecule has 3 nitrogen and oxygen atoms in total. The van der Waals surface area contributed by atoms with E-state index < -0.39 is 0 Å². The van der Waals surface area contributed by atoms with Gasteiger partial charge < -0.3 is 10.1 Å². The van der Waals surface area contributed by atoms with E-state index in [1.807, 2.05) is 0 Å². The molecule has 0 spiro atoms. The van der Waals surface area contributed by atoms with Crippen molar-refractivity contribution < 1.29 is 4.74 Å². The second-order valence-electron chi connectivity index (χ2n) is 5.46. The van der Waals surface area contributed by atoms with E-state index in [-0.39, 0.29) is 0 Å². The van der Waals surface area contributed by atoms with E-state index >= 15 is 0 Å². The van der Waals surface area contributed by atoms with E-state index in [1.165, 1.54) is 36.1 Å². The highest BCUT2D eigenvalue weighted by Crippen LogP contribution is 2.27. The third kappa shape index (κ3) is 2.52. The van der Waals surface area contributed by atoms with Gasteiger partial charge in [0.05, 0.1) is 6.10 Å². The van der Waals surface area contributed by atoms with Crippen molar-refractivity contribution in [1.82, 2.24) is 4.90 Å². The van der Waals surface area contributed by atoms with Crippen molar-refractivity contribution in [2.24, 2.45) is 0 Å². The Bertz CT molecular complexity index is 413. The molecule has 2 aliphatic rings. The molecule has 0 aliphatic carbocycles. The van der Waals surface area contributed by atoms with Crippen molar-refractivity contribution in [1.29, 1.82) is 0 Å². The molecule has 98 valence electrons. The molecule has 1 atom stereocenters. The highest BCUT2D eigenvalue weighted by atomic mass is 16.5. The molecule has 2 aliphatic heterocycles. The van der Waals surface area contributed by atoms with E-state index in [1.54, 1.807) is 0 Å². The lowest BCUT2D eigenvalue weighted by Crippen LogP contribution is -2.28. The fourth-order valence-corrected chi connectivity index (χ4v) is 3.03. The summed E-state index contributed by atoms with van der Waals surface area (Å²) in [6.45, 7) is 4.09. The Hall–Kier alpha value is -1.06. The number of likely N-dealkylation sites (N-methyl/N-ethyl adjacent to an activating group) is 1. The Morgan fingerprint density at radius 2 is 2.39 bits per heavy atom. The van der Waals surface area contributed by atoms with Gasteiger partial charge in [0.1, 0.15) is 0 Å². The molecule has 0 amide bonds. The average Bonchev–Trinajstić information content (AvgIpc) is 2.99. The summed E-state index contributed by atoms with van der Waals surface area (Å²) in [5.74, 6) is 0. The van der Waals surface area contributed by atoms with E-state index in [2.05, 4.69) is 35.5 Å². The molecular weight excluding hydrogens is 224 g/mol. The highest BCUT2D eigenvalue weighted by Gasteiger charge is 2.19. The molecule has 0 saturated carbocycles. The minimum absolute atomic E-state index is 0.444. The van der Waals surface area contributed by atoms with Crippen molar-refractivity contribution in [3.05, 3.63) is 29.3 Å². The van der Waals surface area contributed by atoms with E-state index in [0.717, 1.165) is 26.2 Å². The topological polar surface area (TPSA) is 24.5 Å². The van der Waals surface area contributed by atoms with Gasteiger partial charge in [0.25, 0.3) is 0 Å². The number of nitrogens with zero attached hydrogens (tertiary/aromatic N) is 1. The fraction of sp³-hybridized carbons (Fsp3) is 0.600. The number of fused-ring (bicyclic) bond motifs is 1. The molecule has 0 bridgehead atoms. The van der Waals surface area contributed by atoms with Crippen LogP contribution in [0.25, 0.3) is 0 Å². The molecule has 0 aromatic heterocycles. The van der Waals surface area contributed by atoms with Crippen LogP contribution in [0.1, 0.15) is 24.0 Å². The number of hydrogen-bond acceptors (Lipinski definition) is 3. The van der Waals surface area contributed by atoms with Crippen LogP contribution < -0.4 is 5.32 Å². The summed E-state index contributed by atoms with van der Waals surface area (Å²) in [6.07, 6.45) is 4.05. The maximum atomic E-state index is 5.70. The van der Waals surface area contributed by atoms with E-state index in [0.29, 0.717) is 6.10 Å². The summed E-state index contributed by atoms with van der Waals surface area (Å²) in [5, 5.41) is 3.51. The van der Waals surface area contributed by atoms with Crippen LogP contribution in [0.15, 0.2) is 18.2 Å². The largest absolute Gasteiger partial charge is 0.384 e. The third-order valence-corrected chi connectivity index (χ3v) is 3.91. The second-order valence-corrected chi connectivity index (χ2v) is 5.46.